The van der Waals surface area contributed by atoms with Crippen LogP contribution in [0.5, 0.6) is 0 Å². The summed E-state index contributed by atoms with van der Waals surface area (Å²) in [4.78, 5) is 15.5. The van der Waals surface area contributed by atoms with Gasteiger partial charge in [0, 0.05) is 12.0 Å². The number of allylic oxidation sites excluding steroid dienone is 2. The predicted octanol–water partition coefficient (Wildman–Crippen LogP) is 1.05. The zero-order valence-electron chi connectivity index (χ0n) is 9.97. The molecule has 92 valence electrons. The second-order valence-electron chi connectivity index (χ2n) is 5.26. The molecular weight excluding hydrogens is 228 g/mol. The van der Waals surface area contributed by atoms with Crippen LogP contribution in [0, 0.1) is 22.7 Å². The van der Waals surface area contributed by atoms with E-state index in [9.17, 15) is 4.79 Å². The van der Waals surface area contributed by atoms with Gasteiger partial charge < -0.3 is 5.73 Å². The second-order valence-corrected chi connectivity index (χ2v) is 5.26. The van der Waals surface area contributed by atoms with Crippen LogP contribution < -0.4 is 11.4 Å². The summed E-state index contributed by atoms with van der Waals surface area (Å²) in [6.45, 7) is 0.535. The van der Waals surface area contributed by atoms with Gasteiger partial charge in [-0.15, -0.1) is 0 Å². The highest BCUT2D eigenvalue weighted by atomic mass is 16.1. The van der Waals surface area contributed by atoms with Gasteiger partial charge in [0.25, 0.3) is 0 Å². The van der Waals surface area contributed by atoms with Gasteiger partial charge in [0.1, 0.15) is 17.5 Å². The Morgan fingerprint density at radius 2 is 2.50 bits per heavy atom. The number of hydrogen-bond acceptors (Lipinski definition) is 4. The van der Waals surface area contributed by atoms with Crippen LogP contribution in [0.15, 0.2) is 23.1 Å². The molecule has 0 aliphatic heterocycles. The van der Waals surface area contributed by atoms with Crippen LogP contribution in [-0.4, -0.2) is 9.55 Å². The van der Waals surface area contributed by atoms with E-state index in [0.717, 1.165) is 12.8 Å². The van der Waals surface area contributed by atoms with Crippen molar-refractivity contribution >= 4 is 5.82 Å². The van der Waals surface area contributed by atoms with E-state index in [1.54, 1.807) is 0 Å². The molecule has 0 amide bonds. The van der Waals surface area contributed by atoms with Crippen molar-refractivity contribution in [3.8, 4) is 6.07 Å². The van der Waals surface area contributed by atoms with E-state index in [0.29, 0.717) is 12.5 Å². The molecule has 1 saturated carbocycles. The lowest BCUT2D eigenvalue weighted by Crippen LogP contribution is -2.32. The van der Waals surface area contributed by atoms with Gasteiger partial charge in [0.15, 0.2) is 0 Å². The fourth-order valence-electron chi connectivity index (χ4n) is 3.11. The monoisotopic (exact) mass is 242 g/mol. The maximum Gasteiger partial charge on any atom is 0.349 e. The smallest absolute Gasteiger partial charge is 0.349 e. The van der Waals surface area contributed by atoms with Crippen LogP contribution in [0.4, 0.5) is 5.82 Å². The fourth-order valence-corrected chi connectivity index (χ4v) is 3.11. The van der Waals surface area contributed by atoms with Gasteiger partial charge in [0.05, 0.1) is 6.20 Å². The van der Waals surface area contributed by atoms with Crippen molar-refractivity contribution < 1.29 is 0 Å². The number of nitrogen functional groups attached to an aromatic ring is 1. The number of aromatic nitrogens is 2. The highest BCUT2D eigenvalue weighted by Crippen LogP contribution is 2.50. The van der Waals surface area contributed by atoms with Crippen molar-refractivity contribution in [2.45, 2.75) is 25.8 Å². The minimum absolute atomic E-state index is 0.0401. The molecule has 2 aliphatic rings. The number of rotatable bonds is 2. The Morgan fingerprint density at radius 1 is 1.67 bits per heavy atom. The van der Waals surface area contributed by atoms with Crippen LogP contribution in [0.2, 0.25) is 0 Å². The fraction of sp³-hybridized carbons (Fsp3) is 0.462. The first kappa shape index (κ1) is 11.0. The lowest BCUT2D eigenvalue weighted by atomic mass is 9.87. The Balaban J connectivity index is 2.01. The van der Waals surface area contributed by atoms with E-state index < -0.39 is 0 Å². The first-order chi connectivity index (χ1) is 8.63. The topological polar surface area (TPSA) is 84.7 Å². The Labute approximate surface area is 105 Å². The van der Waals surface area contributed by atoms with Crippen molar-refractivity contribution in [2.24, 2.45) is 11.3 Å². The summed E-state index contributed by atoms with van der Waals surface area (Å²) in [6, 6.07) is 1.96. The first-order valence-corrected chi connectivity index (χ1v) is 6.08. The van der Waals surface area contributed by atoms with E-state index in [4.69, 9.17) is 11.0 Å². The molecule has 1 aromatic heterocycles. The summed E-state index contributed by atoms with van der Waals surface area (Å²) in [6.07, 6.45) is 9.01. The maximum absolute atomic E-state index is 11.8. The second kappa shape index (κ2) is 3.70. The molecule has 3 rings (SSSR count). The molecule has 0 spiro atoms. The Kier molecular flexibility index (Phi) is 2.27. The zero-order valence-corrected chi connectivity index (χ0v) is 9.97. The summed E-state index contributed by atoms with van der Waals surface area (Å²) in [5.74, 6) is 0.879. The molecule has 0 radical (unpaired) electrons. The SMILES string of the molecule is N#Cc1cnc(=O)n(CC23C=CC(CC2)C3)c1N. The van der Waals surface area contributed by atoms with Crippen molar-refractivity contribution in [2.75, 3.05) is 5.73 Å². The standard InChI is InChI=1S/C13H14N4O/c14-6-10-7-16-12(18)17(11(10)15)8-13-3-1-9(5-13)2-4-13/h1,3,7,9H,2,4-5,8,15H2. The minimum atomic E-state index is -0.371. The van der Waals surface area contributed by atoms with E-state index in [1.165, 1.54) is 17.2 Å². The molecular formula is C13H14N4O. The molecule has 0 saturated heterocycles. The van der Waals surface area contributed by atoms with Crippen LogP contribution in [0.3, 0.4) is 0 Å². The number of nitrogens with zero attached hydrogens (tertiary/aromatic N) is 3. The molecule has 1 heterocycles. The first-order valence-electron chi connectivity index (χ1n) is 6.08. The van der Waals surface area contributed by atoms with Crippen LogP contribution >= 0.6 is 0 Å². The summed E-state index contributed by atoms with van der Waals surface area (Å²) < 4.78 is 1.44. The van der Waals surface area contributed by atoms with Crippen LogP contribution in [-0.2, 0) is 6.54 Å². The normalized spacial score (nSPS) is 28.5. The van der Waals surface area contributed by atoms with E-state index in [-0.39, 0.29) is 22.5 Å². The van der Waals surface area contributed by atoms with Gasteiger partial charge in [0.2, 0.25) is 0 Å². The van der Waals surface area contributed by atoms with Gasteiger partial charge >= 0.3 is 5.69 Å². The lowest BCUT2D eigenvalue weighted by Gasteiger charge is -2.25. The van der Waals surface area contributed by atoms with Crippen LogP contribution in [0.25, 0.3) is 0 Å². The zero-order chi connectivity index (χ0) is 12.8. The van der Waals surface area contributed by atoms with Gasteiger partial charge in [-0.3, -0.25) is 4.57 Å². The number of anilines is 1. The average Bonchev–Trinajstić information content (AvgIpc) is 2.95. The van der Waals surface area contributed by atoms with Crippen LogP contribution in [0.1, 0.15) is 24.8 Å². The third-order valence-electron chi connectivity index (χ3n) is 4.10. The molecule has 1 fully saturated rings. The third kappa shape index (κ3) is 1.53. The van der Waals surface area contributed by atoms with Crippen molar-refractivity contribution in [3.63, 3.8) is 0 Å². The Bertz CT molecular complexity index is 625. The number of nitrogens with two attached hydrogens (primary N) is 1. The predicted molar refractivity (Wildman–Crippen MR) is 66.5 cm³/mol. The Hall–Kier alpha value is -2.09. The largest absolute Gasteiger partial charge is 0.384 e. The summed E-state index contributed by atoms with van der Waals surface area (Å²) in [5.41, 5.74) is 5.81. The number of hydrogen-bond donors (Lipinski definition) is 1. The van der Waals surface area contributed by atoms with Crippen molar-refractivity contribution in [1.82, 2.24) is 9.55 Å². The third-order valence-corrected chi connectivity index (χ3v) is 4.10. The molecule has 2 bridgehead atoms. The average molecular weight is 242 g/mol. The molecule has 5 nitrogen and oxygen atoms in total. The molecule has 2 unspecified atom stereocenters. The summed E-state index contributed by atoms with van der Waals surface area (Å²) in [7, 11) is 0. The quantitative estimate of drug-likeness (QED) is 0.785. The molecule has 2 atom stereocenters. The highest BCUT2D eigenvalue weighted by Gasteiger charge is 2.41. The molecule has 2 aliphatic carbocycles. The van der Waals surface area contributed by atoms with Gasteiger partial charge in [-0.05, 0) is 25.2 Å². The van der Waals surface area contributed by atoms with Gasteiger partial charge in [-0.2, -0.15) is 5.26 Å². The number of fused-ring (bicyclic) bond motifs is 2. The van der Waals surface area contributed by atoms with E-state index >= 15 is 0 Å². The van der Waals surface area contributed by atoms with E-state index in [1.807, 2.05) is 6.07 Å². The summed E-state index contributed by atoms with van der Waals surface area (Å²) >= 11 is 0. The Morgan fingerprint density at radius 3 is 3.06 bits per heavy atom. The molecule has 18 heavy (non-hydrogen) atoms. The van der Waals surface area contributed by atoms with Crippen molar-refractivity contribution in [1.29, 1.82) is 5.26 Å². The summed E-state index contributed by atoms with van der Waals surface area (Å²) in [5, 5.41) is 8.92. The highest BCUT2D eigenvalue weighted by molar-refractivity contribution is 5.47. The number of nitriles is 1. The minimum Gasteiger partial charge on any atom is -0.384 e. The van der Waals surface area contributed by atoms with Gasteiger partial charge in [-0.1, -0.05) is 12.2 Å². The lowest BCUT2D eigenvalue weighted by molar-refractivity contribution is 0.333. The molecule has 0 aromatic carbocycles. The van der Waals surface area contributed by atoms with Crippen molar-refractivity contribution in [3.05, 3.63) is 34.4 Å². The molecule has 1 aromatic rings. The molecule has 2 N–H and O–H groups in total. The van der Waals surface area contributed by atoms with Gasteiger partial charge in [-0.25, -0.2) is 9.78 Å². The molecule has 5 heteroatoms. The maximum atomic E-state index is 11.8. The van der Waals surface area contributed by atoms with E-state index in [2.05, 4.69) is 17.1 Å².